The molecule has 2 aliphatic rings. The Hall–Kier alpha value is -1.97. The van der Waals surface area contributed by atoms with Crippen LogP contribution in [-0.4, -0.2) is 60.5 Å². The second-order valence-electron chi connectivity index (χ2n) is 10.3. The number of sulfonamides is 1. The van der Waals surface area contributed by atoms with Gasteiger partial charge in [0.15, 0.2) is 0 Å². The molecule has 8 nitrogen and oxygen atoms in total. The third-order valence-corrected chi connectivity index (χ3v) is 9.39. The summed E-state index contributed by atoms with van der Waals surface area (Å²) in [5.74, 6) is 2.57. The second-order valence-corrected chi connectivity index (χ2v) is 12.2. The fourth-order valence-corrected chi connectivity index (χ4v) is 6.85. The smallest absolute Gasteiger partial charge is 0.243 e. The van der Waals surface area contributed by atoms with E-state index in [0.29, 0.717) is 62.4 Å². The van der Waals surface area contributed by atoms with Gasteiger partial charge in [0.1, 0.15) is 5.82 Å². The topological polar surface area (TPSA) is 93.5 Å². The van der Waals surface area contributed by atoms with Gasteiger partial charge in [-0.25, -0.2) is 13.4 Å². The molecule has 2 aromatic rings. The minimum atomic E-state index is -3.58. The van der Waals surface area contributed by atoms with Crippen LogP contribution in [-0.2, 0) is 33.0 Å². The Morgan fingerprint density at radius 1 is 1.24 bits per heavy atom. The Labute approximate surface area is 203 Å². The summed E-state index contributed by atoms with van der Waals surface area (Å²) in [6.07, 6.45) is 4.33. The molecule has 1 aliphatic heterocycles. The number of fused-ring (bicyclic) bond motifs is 1. The van der Waals surface area contributed by atoms with E-state index < -0.39 is 10.0 Å². The lowest BCUT2D eigenvalue weighted by Crippen LogP contribution is -2.45. The molecule has 2 fully saturated rings. The van der Waals surface area contributed by atoms with E-state index in [4.69, 9.17) is 4.74 Å². The Morgan fingerprint density at radius 3 is 2.68 bits per heavy atom. The first-order valence-electron chi connectivity index (χ1n) is 12.5. The second kappa shape index (κ2) is 10.3. The lowest BCUT2D eigenvalue weighted by Gasteiger charge is -2.37. The number of aryl methyl sites for hydroxylation is 2. The van der Waals surface area contributed by atoms with Gasteiger partial charge >= 0.3 is 0 Å². The average molecular weight is 491 g/mol. The standard InChI is InChI=1S/C25H38N4O4S/c1-17(2)20-7-5-18(3)15-21(20)27-25(30)10-9-24-26-22-16-19(6-8-23(22)28(24)4)34(31,32)29-11-13-33-14-12-29/h6,8,16-18,20-21H,5,7,9-15H2,1-4H3,(H,27,30). The van der Waals surface area contributed by atoms with E-state index in [1.807, 2.05) is 11.6 Å². The maximum Gasteiger partial charge on any atom is 0.243 e. The van der Waals surface area contributed by atoms with E-state index in [-0.39, 0.29) is 16.8 Å². The molecule has 188 valence electrons. The summed E-state index contributed by atoms with van der Waals surface area (Å²) in [4.78, 5) is 17.7. The molecule has 1 aliphatic carbocycles. The number of ether oxygens (including phenoxy) is 1. The zero-order valence-electron chi connectivity index (χ0n) is 20.8. The minimum absolute atomic E-state index is 0.0624. The molecule has 3 unspecified atom stereocenters. The fourth-order valence-electron chi connectivity index (χ4n) is 5.42. The van der Waals surface area contributed by atoms with Gasteiger partial charge in [0.25, 0.3) is 0 Å². The van der Waals surface area contributed by atoms with Crippen LogP contribution in [0.15, 0.2) is 23.1 Å². The number of carbonyl (C=O) groups is 1. The number of amides is 1. The summed E-state index contributed by atoms with van der Waals surface area (Å²) in [5, 5.41) is 3.30. The van der Waals surface area contributed by atoms with Crippen LogP contribution in [0.5, 0.6) is 0 Å². The van der Waals surface area contributed by atoms with Crippen LogP contribution >= 0.6 is 0 Å². The zero-order valence-corrected chi connectivity index (χ0v) is 21.6. The van der Waals surface area contributed by atoms with Crippen molar-refractivity contribution in [3.63, 3.8) is 0 Å². The number of imidazole rings is 1. The van der Waals surface area contributed by atoms with Crippen molar-refractivity contribution in [2.45, 2.75) is 63.8 Å². The number of morpholine rings is 1. The molecule has 1 amide bonds. The normalized spacial score (nSPS) is 24.6. The number of nitrogens with one attached hydrogen (secondary N) is 1. The van der Waals surface area contributed by atoms with Gasteiger partial charge in [-0.1, -0.05) is 27.2 Å². The Bertz CT molecular complexity index is 1120. The van der Waals surface area contributed by atoms with Crippen LogP contribution in [0.1, 0.15) is 52.3 Å². The quantitative estimate of drug-likeness (QED) is 0.644. The van der Waals surface area contributed by atoms with Crippen LogP contribution in [0.25, 0.3) is 11.0 Å². The van der Waals surface area contributed by atoms with E-state index in [2.05, 4.69) is 31.1 Å². The molecule has 0 spiro atoms. The number of hydrogen-bond acceptors (Lipinski definition) is 5. The Morgan fingerprint density at radius 2 is 1.97 bits per heavy atom. The van der Waals surface area contributed by atoms with E-state index in [1.165, 1.54) is 17.1 Å². The van der Waals surface area contributed by atoms with Crippen molar-refractivity contribution in [2.75, 3.05) is 26.3 Å². The third kappa shape index (κ3) is 5.31. The molecule has 1 N–H and O–H groups in total. The summed E-state index contributed by atoms with van der Waals surface area (Å²) in [5.41, 5.74) is 1.49. The van der Waals surface area contributed by atoms with Gasteiger partial charge in [-0.05, 0) is 48.8 Å². The maximum atomic E-state index is 13.0. The van der Waals surface area contributed by atoms with Crippen molar-refractivity contribution in [1.29, 1.82) is 0 Å². The van der Waals surface area contributed by atoms with Gasteiger partial charge in [-0.3, -0.25) is 4.79 Å². The van der Waals surface area contributed by atoms with Gasteiger partial charge in [0.2, 0.25) is 15.9 Å². The molecule has 2 heterocycles. The molecular formula is C25H38N4O4S. The molecule has 9 heteroatoms. The first-order chi connectivity index (χ1) is 16.2. The molecule has 34 heavy (non-hydrogen) atoms. The molecule has 1 aromatic carbocycles. The van der Waals surface area contributed by atoms with Crippen LogP contribution in [0.4, 0.5) is 0 Å². The van der Waals surface area contributed by atoms with E-state index >= 15 is 0 Å². The first-order valence-corrected chi connectivity index (χ1v) is 13.9. The van der Waals surface area contributed by atoms with Gasteiger partial charge in [0.05, 0.1) is 29.1 Å². The van der Waals surface area contributed by atoms with Gasteiger partial charge in [-0.2, -0.15) is 4.31 Å². The predicted octanol–water partition coefficient (Wildman–Crippen LogP) is 3.10. The zero-order chi connectivity index (χ0) is 24.5. The summed E-state index contributed by atoms with van der Waals surface area (Å²) in [6.45, 7) is 8.30. The molecule has 1 saturated heterocycles. The number of rotatable bonds is 7. The van der Waals surface area contributed by atoms with E-state index in [1.54, 1.807) is 18.2 Å². The van der Waals surface area contributed by atoms with E-state index in [0.717, 1.165) is 17.8 Å². The van der Waals surface area contributed by atoms with E-state index in [9.17, 15) is 13.2 Å². The van der Waals surface area contributed by atoms with Crippen molar-refractivity contribution in [1.82, 2.24) is 19.2 Å². The van der Waals surface area contributed by atoms with Gasteiger partial charge in [0, 0.05) is 39.0 Å². The van der Waals surface area contributed by atoms with Crippen LogP contribution in [0.3, 0.4) is 0 Å². The number of nitrogens with zero attached hydrogens (tertiary/aromatic N) is 3. The minimum Gasteiger partial charge on any atom is -0.379 e. The van der Waals surface area contributed by atoms with Crippen LogP contribution in [0.2, 0.25) is 0 Å². The molecular weight excluding hydrogens is 452 g/mol. The molecule has 4 rings (SSSR count). The van der Waals surface area contributed by atoms with Crippen molar-refractivity contribution < 1.29 is 17.9 Å². The summed E-state index contributed by atoms with van der Waals surface area (Å²) in [6, 6.07) is 5.32. The molecule has 0 bridgehead atoms. The largest absolute Gasteiger partial charge is 0.379 e. The monoisotopic (exact) mass is 490 g/mol. The Kier molecular flexibility index (Phi) is 7.64. The highest BCUT2D eigenvalue weighted by molar-refractivity contribution is 7.89. The highest BCUT2D eigenvalue weighted by Gasteiger charge is 2.32. The average Bonchev–Trinajstić information content (AvgIpc) is 3.13. The van der Waals surface area contributed by atoms with Gasteiger partial charge in [-0.15, -0.1) is 0 Å². The molecule has 0 radical (unpaired) electrons. The van der Waals surface area contributed by atoms with Crippen molar-refractivity contribution in [2.24, 2.45) is 24.8 Å². The first kappa shape index (κ1) is 25.1. The lowest BCUT2D eigenvalue weighted by atomic mass is 9.74. The Balaban J connectivity index is 1.44. The van der Waals surface area contributed by atoms with Crippen molar-refractivity contribution in [3.8, 4) is 0 Å². The fraction of sp³-hybridized carbons (Fsp3) is 0.680. The SMILES string of the molecule is CC1CCC(C(C)C)C(NC(=O)CCc2nc3cc(S(=O)(=O)N4CCOCC4)ccc3n2C)C1. The summed E-state index contributed by atoms with van der Waals surface area (Å²) >= 11 is 0. The maximum absolute atomic E-state index is 13.0. The third-order valence-electron chi connectivity index (χ3n) is 7.50. The number of benzene rings is 1. The summed E-state index contributed by atoms with van der Waals surface area (Å²) < 4.78 is 34.7. The lowest BCUT2D eigenvalue weighted by molar-refractivity contribution is -0.122. The molecule has 1 saturated carbocycles. The van der Waals surface area contributed by atoms with Gasteiger partial charge < -0.3 is 14.6 Å². The predicted molar refractivity (Wildman–Crippen MR) is 132 cm³/mol. The highest BCUT2D eigenvalue weighted by Crippen LogP contribution is 2.33. The van der Waals surface area contributed by atoms with Crippen molar-refractivity contribution in [3.05, 3.63) is 24.0 Å². The van der Waals surface area contributed by atoms with Crippen LogP contribution < -0.4 is 5.32 Å². The van der Waals surface area contributed by atoms with Crippen LogP contribution in [0, 0.1) is 17.8 Å². The molecule has 3 atom stereocenters. The highest BCUT2D eigenvalue weighted by atomic mass is 32.2. The van der Waals surface area contributed by atoms with Crippen molar-refractivity contribution >= 4 is 27.0 Å². The molecule has 1 aromatic heterocycles. The summed E-state index contributed by atoms with van der Waals surface area (Å²) in [7, 11) is -1.66. The number of aromatic nitrogens is 2. The number of carbonyl (C=O) groups excluding carboxylic acids is 1. The number of hydrogen-bond donors (Lipinski definition) is 1.